The van der Waals surface area contributed by atoms with Gasteiger partial charge in [0.05, 0.1) is 16.1 Å². The number of hydrogen-bond acceptors (Lipinski definition) is 3. The zero-order valence-electron chi connectivity index (χ0n) is 11.4. The van der Waals surface area contributed by atoms with Crippen molar-refractivity contribution >= 4 is 29.3 Å². The summed E-state index contributed by atoms with van der Waals surface area (Å²) >= 11 is 12.0. The van der Waals surface area contributed by atoms with Gasteiger partial charge >= 0.3 is 6.09 Å². The van der Waals surface area contributed by atoms with Crippen LogP contribution in [0.3, 0.4) is 0 Å². The summed E-state index contributed by atoms with van der Waals surface area (Å²) in [6.45, 7) is 0.119. The van der Waals surface area contributed by atoms with Gasteiger partial charge < -0.3 is 10.1 Å². The number of nitriles is 1. The van der Waals surface area contributed by atoms with Crippen molar-refractivity contribution < 1.29 is 9.53 Å². The van der Waals surface area contributed by atoms with E-state index >= 15 is 0 Å². The van der Waals surface area contributed by atoms with Gasteiger partial charge in [0.25, 0.3) is 0 Å². The molecule has 0 aliphatic heterocycles. The summed E-state index contributed by atoms with van der Waals surface area (Å²) in [6, 6.07) is 15.2. The van der Waals surface area contributed by atoms with Crippen LogP contribution in [0.15, 0.2) is 48.5 Å². The van der Waals surface area contributed by atoms with Crippen LogP contribution in [0.25, 0.3) is 0 Å². The second-order valence-corrected chi connectivity index (χ2v) is 5.20. The number of nitrogens with zero attached hydrogens (tertiary/aromatic N) is 1. The molecule has 4 nitrogen and oxygen atoms in total. The van der Waals surface area contributed by atoms with Crippen molar-refractivity contribution in [3.8, 4) is 6.07 Å². The van der Waals surface area contributed by atoms with Gasteiger partial charge in [0.1, 0.15) is 12.6 Å². The molecule has 2 aromatic carbocycles. The number of amides is 1. The average molecular weight is 335 g/mol. The van der Waals surface area contributed by atoms with E-state index in [2.05, 4.69) is 5.32 Å². The van der Waals surface area contributed by atoms with E-state index in [1.54, 1.807) is 18.2 Å². The SMILES string of the molecule is N#CC(NC(=O)OCc1ccccc1)c1cccc(Cl)c1Cl. The van der Waals surface area contributed by atoms with Gasteiger partial charge in [-0.25, -0.2) is 4.79 Å². The molecule has 1 unspecified atom stereocenters. The van der Waals surface area contributed by atoms with Crippen LogP contribution < -0.4 is 5.32 Å². The first-order chi connectivity index (χ1) is 10.6. The van der Waals surface area contributed by atoms with E-state index in [1.807, 2.05) is 36.4 Å². The predicted octanol–water partition coefficient (Wildman–Crippen LogP) is 4.48. The second-order valence-electron chi connectivity index (χ2n) is 4.41. The molecule has 0 spiro atoms. The average Bonchev–Trinajstić information content (AvgIpc) is 2.54. The van der Waals surface area contributed by atoms with E-state index in [9.17, 15) is 10.1 Å². The lowest BCUT2D eigenvalue weighted by molar-refractivity contribution is 0.137. The summed E-state index contributed by atoms with van der Waals surface area (Å²) in [4.78, 5) is 11.8. The van der Waals surface area contributed by atoms with Crippen molar-refractivity contribution in [1.82, 2.24) is 5.32 Å². The Kier molecular flexibility index (Phi) is 5.65. The lowest BCUT2D eigenvalue weighted by Crippen LogP contribution is -2.28. The summed E-state index contributed by atoms with van der Waals surface area (Å²) in [5.74, 6) is 0. The van der Waals surface area contributed by atoms with Crippen molar-refractivity contribution in [2.45, 2.75) is 12.6 Å². The third kappa shape index (κ3) is 4.14. The second kappa shape index (κ2) is 7.69. The number of halogens is 2. The van der Waals surface area contributed by atoms with E-state index in [-0.39, 0.29) is 11.6 Å². The Balaban J connectivity index is 2.00. The van der Waals surface area contributed by atoms with Gasteiger partial charge in [-0.1, -0.05) is 65.7 Å². The van der Waals surface area contributed by atoms with Crippen LogP contribution in [0.1, 0.15) is 17.2 Å². The highest BCUT2D eigenvalue weighted by Gasteiger charge is 2.18. The fourth-order valence-electron chi connectivity index (χ4n) is 1.81. The third-order valence-corrected chi connectivity index (χ3v) is 3.73. The maximum absolute atomic E-state index is 11.8. The fourth-order valence-corrected chi connectivity index (χ4v) is 2.22. The molecule has 0 aliphatic rings. The van der Waals surface area contributed by atoms with Gasteiger partial charge in [0.15, 0.2) is 0 Å². The number of carbonyl (C=O) groups excluding carboxylic acids is 1. The van der Waals surface area contributed by atoms with Gasteiger partial charge in [0.2, 0.25) is 0 Å². The van der Waals surface area contributed by atoms with Crippen molar-refractivity contribution in [3.63, 3.8) is 0 Å². The largest absolute Gasteiger partial charge is 0.445 e. The lowest BCUT2D eigenvalue weighted by atomic mass is 10.1. The molecule has 0 heterocycles. The molecule has 0 saturated carbocycles. The maximum Gasteiger partial charge on any atom is 0.408 e. The molecule has 112 valence electrons. The Morgan fingerprint density at radius 2 is 1.91 bits per heavy atom. The first kappa shape index (κ1) is 16.2. The summed E-state index contributed by atoms with van der Waals surface area (Å²) < 4.78 is 5.07. The molecule has 0 radical (unpaired) electrons. The third-order valence-electron chi connectivity index (χ3n) is 2.90. The standard InChI is InChI=1S/C16H12Cl2N2O2/c17-13-8-4-7-12(15(13)18)14(9-19)20-16(21)22-10-11-5-2-1-3-6-11/h1-8,14H,10H2,(H,20,21). The van der Waals surface area contributed by atoms with Gasteiger partial charge in [-0.2, -0.15) is 5.26 Å². The van der Waals surface area contributed by atoms with Crippen LogP contribution in [0.5, 0.6) is 0 Å². The minimum atomic E-state index is -0.936. The van der Waals surface area contributed by atoms with Crippen molar-refractivity contribution in [1.29, 1.82) is 5.26 Å². The molecule has 1 atom stereocenters. The summed E-state index contributed by atoms with van der Waals surface area (Å²) in [5.41, 5.74) is 1.28. The number of carbonyl (C=O) groups is 1. The number of rotatable bonds is 4. The molecule has 1 N–H and O–H groups in total. The minimum Gasteiger partial charge on any atom is -0.445 e. The molecular weight excluding hydrogens is 323 g/mol. The molecular formula is C16H12Cl2N2O2. The Hall–Kier alpha value is -2.22. The predicted molar refractivity (Wildman–Crippen MR) is 84.6 cm³/mol. The van der Waals surface area contributed by atoms with Crippen LogP contribution >= 0.6 is 23.2 Å². The Morgan fingerprint density at radius 3 is 2.59 bits per heavy atom. The van der Waals surface area contributed by atoms with E-state index in [0.29, 0.717) is 10.6 Å². The van der Waals surface area contributed by atoms with Crippen LogP contribution in [-0.4, -0.2) is 6.09 Å². The molecule has 22 heavy (non-hydrogen) atoms. The van der Waals surface area contributed by atoms with Gasteiger partial charge in [-0.05, 0) is 11.6 Å². The zero-order chi connectivity index (χ0) is 15.9. The normalized spacial score (nSPS) is 11.3. The van der Waals surface area contributed by atoms with Crippen molar-refractivity contribution in [2.24, 2.45) is 0 Å². The van der Waals surface area contributed by atoms with Crippen LogP contribution in [0.4, 0.5) is 4.79 Å². The molecule has 0 aromatic heterocycles. The van der Waals surface area contributed by atoms with E-state index in [0.717, 1.165) is 5.56 Å². The molecule has 6 heteroatoms. The highest BCUT2D eigenvalue weighted by Crippen LogP contribution is 2.29. The molecule has 2 aromatic rings. The molecule has 0 bridgehead atoms. The summed E-state index contributed by atoms with van der Waals surface area (Å²) in [7, 11) is 0. The van der Waals surface area contributed by atoms with Crippen LogP contribution in [0, 0.1) is 11.3 Å². The number of nitrogens with one attached hydrogen (secondary N) is 1. The first-order valence-corrected chi connectivity index (χ1v) is 7.18. The van der Waals surface area contributed by atoms with Gasteiger partial charge in [0, 0.05) is 5.56 Å². The van der Waals surface area contributed by atoms with E-state index < -0.39 is 12.1 Å². The number of benzene rings is 2. The Morgan fingerprint density at radius 1 is 1.18 bits per heavy atom. The van der Waals surface area contributed by atoms with Crippen molar-refractivity contribution in [2.75, 3.05) is 0 Å². The highest BCUT2D eigenvalue weighted by atomic mass is 35.5. The topological polar surface area (TPSA) is 62.1 Å². The molecule has 0 aliphatic carbocycles. The van der Waals surface area contributed by atoms with Gasteiger partial charge in [-0.15, -0.1) is 0 Å². The zero-order valence-corrected chi connectivity index (χ0v) is 12.9. The molecule has 0 fully saturated rings. The molecule has 0 saturated heterocycles. The number of alkyl carbamates (subject to hydrolysis) is 1. The Labute approximate surface area is 138 Å². The first-order valence-electron chi connectivity index (χ1n) is 6.42. The van der Waals surface area contributed by atoms with Crippen LogP contribution in [0.2, 0.25) is 10.0 Å². The number of hydrogen-bond donors (Lipinski definition) is 1. The lowest BCUT2D eigenvalue weighted by Gasteiger charge is -2.14. The van der Waals surface area contributed by atoms with Crippen molar-refractivity contribution in [3.05, 3.63) is 69.7 Å². The van der Waals surface area contributed by atoms with Crippen LogP contribution in [-0.2, 0) is 11.3 Å². The quantitative estimate of drug-likeness (QED) is 0.896. The maximum atomic E-state index is 11.8. The molecule has 2 rings (SSSR count). The van der Waals surface area contributed by atoms with E-state index in [1.165, 1.54) is 0 Å². The number of ether oxygens (including phenoxy) is 1. The summed E-state index contributed by atoms with van der Waals surface area (Å²) in [6.07, 6.45) is -0.702. The highest BCUT2D eigenvalue weighted by molar-refractivity contribution is 6.42. The summed E-state index contributed by atoms with van der Waals surface area (Å²) in [5, 5.41) is 12.2. The minimum absolute atomic E-state index is 0.119. The smallest absolute Gasteiger partial charge is 0.408 e. The molecule has 1 amide bonds. The Bertz CT molecular complexity index is 699. The fraction of sp³-hybridized carbons (Fsp3) is 0.125. The van der Waals surface area contributed by atoms with Gasteiger partial charge in [-0.3, -0.25) is 0 Å². The van der Waals surface area contributed by atoms with E-state index in [4.69, 9.17) is 27.9 Å². The monoisotopic (exact) mass is 334 g/mol.